The molecule has 2 aromatic rings. The Morgan fingerprint density at radius 3 is 2.74 bits per heavy atom. The monoisotopic (exact) mass is 253 g/mol. The molecule has 0 spiro atoms. The number of pyridine rings is 1. The van der Waals surface area contributed by atoms with E-state index in [0.717, 1.165) is 11.5 Å². The fraction of sp³-hybridized carbons (Fsp3) is 0.200. The molecule has 0 atom stereocenters. The van der Waals surface area contributed by atoms with Gasteiger partial charge in [-0.1, -0.05) is 18.2 Å². The van der Waals surface area contributed by atoms with Crippen LogP contribution in [0.1, 0.15) is 12.5 Å². The summed E-state index contributed by atoms with van der Waals surface area (Å²) in [5, 5.41) is 9.13. The fourth-order valence-electron chi connectivity index (χ4n) is 1.80. The van der Waals surface area contributed by atoms with Crippen molar-refractivity contribution in [3.05, 3.63) is 48.0 Å². The van der Waals surface area contributed by atoms with Crippen LogP contribution in [0.5, 0.6) is 5.88 Å². The number of ether oxygens (including phenoxy) is 1. The summed E-state index contributed by atoms with van der Waals surface area (Å²) in [4.78, 5) is 6.28. The molecule has 2 rings (SSSR count). The van der Waals surface area contributed by atoms with Gasteiger partial charge in [-0.05, 0) is 25.1 Å². The normalized spacial score (nSPS) is 9.74. The molecule has 0 amide bonds. The quantitative estimate of drug-likeness (QED) is 0.840. The van der Waals surface area contributed by atoms with Crippen molar-refractivity contribution >= 4 is 11.5 Å². The number of rotatable bonds is 4. The Labute approximate surface area is 112 Å². The Kier molecular flexibility index (Phi) is 3.99. The van der Waals surface area contributed by atoms with Crippen LogP contribution >= 0.6 is 0 Å². The van der Waals surface area contributed by atoms with Gasteiger partial charge >= 0.3 is 0 Å². The van der Waals surface area contributed by atoms with E-state index in [-0.39, 0.29) is 0 Å². The summed E-state index contributed by atoms with van der Waals surface area (Å²) < 4.78 is 5.39. The molecular formula is C15H15N3O. The topological polar surface area (TPSA) is 49.1 Å². The number of anilines is 2. The highest BCUT2D eigenvalue weighted by Gasteiger charge is 2.10. The average molecular weight is 253 g/mol. The molecule has 4 heteroatoms. The third kappa shape index (κ3) is 2.83. The number of benzene rings is 1. The van der Waals surface area contributed by atoms with Crippen LogP contribution in [0.15, 0.2) is 42.5 Å². The summed E-state index contributed by atoms with van der Waals surface area (Å²) in [5.41, 5.74) is 1.44. The summed E-state index contributed by atoms with van der Waals surface area (Å²) >= 11 is 0. The zero-order valence-corrected chi connectivity index (χ0v) is 11.0. The first-order chi connectivity index (χ1) is 9.26. The summed E-state index contributed by atoms with van der Waals surface area (Å²) in [7, 11) is 1.88. The van der Waals surface area contributed by atoms with Gasteiger partial charge in [0.05, 0.1) is 17.9 Å². The van der Waals surface area contributed by atoms with Crippen LogP contribution in [0.3, 0.4) is 0 Å². The van der Waals surface area contributed by atoms with Gasteiger partial charge in [-0.3, -0.25) is 0 Å². The van der Waals surface area contributed by atoms with Crippen molar-refractivity contribution in [2.75, 3.05) is 18.6 Å². The van der Waals surface area contributed by atoms with Gasteiger partial charge in [0.1, 0.15) is 11.9 Å². The van der Waals surface area contributed by atoms with Gasteiger partial charge in [0.25, 0.3) is 0 Å². The minimum Gasteiger partial charge on any atom is -0.478 e. The zero-order chi connectivity index (χ0) is 13.7. The molecule has 0 N–H and O–H groups in total. The first kappa shape index (κ1) is 12.9. The van der Waals surface area contributed by atoms with E-state index in [4.69, 9.17) is 10.00 Å². The lowest BCUT2D eigenvalue weighted by molar-refractivity contribution is 0.327. The highest BCUT2D eigenvalue weighted by Crippen LogP contribution is 2.26. The van der Waals surface area contributed by atoms with Crippen molar-refractivity contribution in [2.45, 2.75) is 6.92 Å². The summed E-state index contributed by atoms with van der Waals surface area (Å²) in [5.74, 6) is 1.33. The molecule has 1 aromatic carbocycles. The summed E-state index contributed by atoms with van der Waals surface area (Å²) in [6.07, 6.45) is 0. The van der Waals surface area contributed by atoms with Crippen molar-refractivity contribution in [1.29, 1.82) is 5.26 Å². The van der Waals surface area contributed by atoms with Crippen LogP contribution in [0.25, 0.3) is 0 Å². The predicted molar refractivity (Wildman–Crippen MR) is 74.6 cm³/mol. The van der Waals surface area contributed by atoms with E-state index in [1.54, 1.807) is 6.07 Å². The number of nitriles is 1. The van der Waals surface area contributed by atoms with Gasteiger partial charge in [0.15, 0.2) is 0 Å². The maximum absolute atomic E-state index is 9.13. The Bertz CT molecular complexity index is 604. The molecule has 0 aliphatic carbocycles. The maximum atomic E-state index is 9.13. The predicted octanol–water partition coefficient (Wildman–Crippen LogP) is 3.12. The van der Waals surface area contributed by atoms with Gasteiger partial charge in [-0.2, -0.15) is 10.2 Å². The van der Waals surface area contributed by atoms with E-state index in [0.29, 0.717) is 18.1 Å². The molecule has 0 saturated heterocycles. The van der Waals surface area contributed by atoms with E-state index >= 15 is 0 Å². The molecule has 0 fully saturated rings. The Balaban J connectivity index is 2.36. The van der Waals surface area contributed by atoms with E-state index in [2.05, 4.69) is 11.1 Å². The molecule has 0 aliphatic heterocycles. The molecule has 96 valence electrons. The molecule has 1 heterocycles. The van der Waals surface area contributed by atoms with Crippen LogP contribution in [0.2, 0.25) is 0 Å². The largest absolute Gasteiger partial charge is 0.478 e. The molecule has 0 unspecified atom stereocenters. The first-order valence-electron chi connectivity index (χ1n) is 6.09. The molecule has 19 heavy (non-hydrogen) atoms. The highest BCUT2D eigenvalue weighted by molar-refractivity contribution is 5.66. The van der Waals surface area contributed by atoms with Crippen molar-refractivity contribution in [1.82, 2.24) is 4.98 Å². The Hall–Kier alpha value is -2.54. The number of hydrogen-bond acceptors (Lipinski definition) is 4. The van der Waals surface area contributed by atoms with Gasteiger partial charge in [-0.25, -0.2) is 0 Å². The van der Waals surface area contributed by atoms with Gasteiger partial charge in [0.2, 0.25) is 5.88 Å². The number of para-hydroxylation sites is 1. The standard InChI is InChI=1S/C15H15N3O/c1-3-19-15-10-6-9-14(17-15)18(2)13-8-5-4-7-12(13)11-16/h4-10H,3H2,1-2H3. The minimum atomic E-state index is 0.578. The minimum absolute atomic E-state index is 0.578. The van der Waals surface area contributed by atoms with Crippen LogP contribution < -0.4 is 9.64 Å². The summed E-state index contributed by atoms with van der Waals surface area (Å²) in [6.45, 7) is 2.50. The van der Waals surface area contributed by atoms with Crippen LogP contribution in [-0.4, -0.2) is 18.6 Å². The third-order valence-electron chi connectivity index (χ3n) is 2.73. The smallest absolute Gasteiger partial charge is 0.215 e. The van der Waals surface area contributed by atoms with E-state index < -0.39 is 0 Å². The second kappa shape index (κ2) is 5.87. The van der Waals surface area contributed by atoms with Crippen LogP contribution in [0.4, 0.5) is 11.5 Å². The molecule has 0 bridgehead atoms. The van der Waals surface area contributed by atoms with Crippen molar-refractivity contribution in [3.63, 3.8) is 0 Å². The molecule has 0 aliphatic rings. The van der Waals surface area contributed by atoms with E-state index in [1.807, 2.05) is 55.3 Å². The maximum Gasteiger partial charge on any atom is 0.215 e. The van der Waals surface area contributed by atoms with E-state index in [9.17, 15) is 0 Å². The lowest BCUT2D eigenvalue weighted by atomic mass is 10.2. The van der Waals surface area contributed by atoms with Gasteiger partial charge in [0, 0.05) is 13.1 Å². The van der Waals surface area contributed by atoms with Crippen molar-refractivity contribution < 1.29 is 4.74 Å². The lowest BCUT2D eigenvalue weighted by Crippen LogP contribution is -2.13. The first-order valence-corrected chi connectivity index (χ1v) is 6.09. The SMILES string of the molecule is CCOc1cccc(N(C)c2ccccc2C#N)n1. The second-order valence-electron chi connectivity index (χ2n) is 3.96. The molecule has 4 nitrogen and oxygen atoms in total. The Morgan fingerprint density at radius 2 is 2.00 bits per heavy atom. The van der Waals surface area contributed by atoms with E-state index in [1.165, 1.54) is 0 Å². The molecule has 0 radical (unpaired) electrons. The molecular weight excluding hydrogens is 238 g/mol. The lowest BCUT2D eigenvalue weighted by Gasteiger charge is -2.19. The fourth-order valence-corrected chi connectivity index (χ4v) is 1.80. The number of aromatic nitrogens is 1. The van der Waals surface area contributed by atoms with Crippen molar-refractivity contribution in [2.24, 2.45) is 0 Å². The number of nitrogens with zero attached hydrogens (tertiary/aromatic N) is 3. The van der Waals surface area contributed by atoms with Crippen LogP contribution in [-0.2, 0) is 0 Å². The molecule has 1 aromatic heterocycles. The molecule has 0 saturated carbocycles. The van der Waals surface area contributed by atoms with Gasteiger partial charge in [-0.15, -0.1) is 0 Å². The van der Waals surface area contributed by atoms with Crippen molar-refractivity contribution in [3.8, 4) is 11.9 Å². The zero-order valence-electron chi connectivity index (χ0n) is 11.0. The summed E-state index contributed by atoms with van der Waals surface area (Å²) in [6, 6.07) is 15.2. The highest BCUT2D eigenvalue weighted by atomic mass is 16.5. The van der Waals surface area contributed by atoms with Crippen LogP contribution in [0, 0.1) is 11.3 Å². The average Bonchev–Trinajstić information content (AvgIpc) is 2.47. The number of hydrogen-bond donors (Lipinski definition) is 0. The second-order valence-corrected chi connectivity index (χ2v) is 3.96. The Morgan fingerprint density at radius 1 is 1.21 bits per heavy atom. The third-order valence-corrected chi connectivity index (χ3v) is 2.73. The van der Waals surface area contributed by atoms with Gasteiger partial charge < -0.3 is 9.64 Å².